The van der Waals surface area contributed by atoms with E-state index in [0.717, 1.165) is 5.69 Å². The molecule has 8 rings (SSSR count). The van der Waals surface area contributed by atoms with Crippen molar-refractivity contribution in [2.45, 2.75) is 12.7 Å². The first kappa shape index (κ1) is 39.2. The second kappa shape index (κ2) is 15.3. The number of aromatic carboxylic acids is 1. The molecular weight excluding hydrogens is 795 g/mol. The van der Waals surface area contributed by atoms with Crippen LogP contribution >= 0.6 is 23.2 Å². The van der Waals surface area contributed by atoms with Gasteiger partial charge in [-0.15, -0.1) is 0 Å². The van der Waals surface area contributed by atoms with E-state index in [9.17, 15) is 34.8 Å². The summed E-state index contributed by atoms with van der Waals surface area (Å²) in [6, 6.07) is 26.1. The number of aliphatic hydroxyl groups excluding tert-OH is 1. The van der Waals surface area contributed by atoms with Crippen molar-refractivity contribution < 1.29 is 39.2 Å². The number of carbonyl (C=O) groups excluding carboxylic acids is 1. The van der Waals surface area contributed by atoms with Gasteiger partial charge in [-0.25, -0.2) is 4.79 Å². The van der Waals surface area contributed by atoms with Gasteiger partial charge in [0.2, 0.25) is 0 Å². The van der Waals surface area contributed by atoms with Crippen LogP contribution in [0.4, 0.5) is 5.69 Å². The van der Waals surface area contributed by atoms with Gasteiger partial charge in [-0.1, -0.05) is 60.1 Å². The number of aromatic hydroxyl groups is 1. The summed E-state index contributed by atoms with van der Waals surface area (Å²) in [5, 5.41) is 46.1. The van der Waals surface area contributed by atoms with E-state index in [1.54, 1.807) is 48.5 Å². The molecule has 0 saturated heterocycles. The molecule has 5 aromatic carbocycles. The maximum atomic E-state index is 13.7. The van der Waals surface area contributed by atoms with Crippen molar-refractivity contribution in [2.24, 2.45) is 0 Å². The van der Waals surface area contributed by atoms with Gasteiger partial charge in [0.15, 0.2) is 11.7 Å². The van der Waals surface area contributed by atoms with Crippen molar-refractivity contribution in [3.8, 4) is 39.7 Å². The molecule has 5 aromatic rings. The number of hydrogen-bond donors (Lipinski definition) is 5. The van der Waals surface area contributed by atoms with E-state index < -0.39 is 18.2 Å². The third-order valence-corrected chi connectivity index (χ3v) is 10.9. The van der Waals surface area contributed by atoms with Crippen LogP contribution in [0.3, 0.4) is 0 Å². The third kappa shape index (κ3) is 7.15. The predicted molar refractivity (Wildman–Crippen MR) is 227 cm³/mol. The number of carboxylic acids is 1. The van der Waals surface area contributed by atoms with E-state index in [1.165, 1.54) is 30.3 Å². The fourth-order valence-electron chi connectivity index (χ4n) is 7.48. The molecule has 1 amide bonds. The highest BCUT2D eigenvalue weighted by Gasteiger charge is 2.31. The van der Waals surface area contributed by atoms with Crippen LogP contribution in [0.2, 0.25) is 10.0 Å². The van der Waals surface area contributed by atoms with Gasteiger partial charge in [0.05, 0.1) is 21.2 Å². The number of halogens is 2. The molecule has 296 valence electrons. The Morgan fingerprint density at radius 2 is 1.61 bits per heavy atom. The van der Waals surface area contributed by atoms with E-state index in [4.69, 9.17) is 32.4 Å². The summed E-state index contributed by atoms with van der Waals surface area (Å²) in [6.45, 7) is 4.06. The zero-order chi connectivity index (χ0) is 41.9. The maximum Gasteiger partial charge on any atom is 0.337 e. The number of phenolic OH excluding ortho intramolecular Hbond substituents is 1. The predicted octanol–water partition coefficient (Wildman–Crippen LogP) is 7.06. The molecular formula is C46H34Cl2N2O9. The van der Waals surface area contributed by atoms with E-state index in [2.05, 4.69) is 11.9 Å². The minimum atomic E-state index is -1.91. The van der Waals surface area contributed by atoms with E-state index >= 15 is 0 Å². The molecule has 5 N–H and O–H groups in total. The van der Waals surface area contributed by atoms with Crippen LogP contribution in [0.15, 0.2) is 106 Å². The standard InChI is InChI=1S/C46H34Cl2N2O9/c1-22-4-9-30-35(16-22)58-36-18-24(50(2)3)6-11-31(36)40(30)41-34(47)21-33(43(48)42(41)46(56)57)44(53)49-15-14-23-5-10-27(32(17-23)45(54)55)39-28-12-7-25(51)19-37(28)59-38-20-26(52)8-13-29(38)39/h4-13,16-21,45,51,54-55H,1,14-15H2,2-3H3,(H,49,53)(H,56,57). The summed E-state index contributed by atoms with van der Waals surface area (Å²) in [7, 11) is 3.78. The average Bonchev–Trinajstić information content (AvgIpc) is 3.19. The molecule has 0 radical (unpaired) electrons. The first-order chi connectivity index (χ1) is 28.2. The second-order valence-corrected chi connectivity index (χ2v) is 15.1. The average molecular weight is 830 g/mol. The van der Waals surface area contributed by atoms with Crippen LogP contribution < -0.4 is 30.8 Å². The lowest BCUT2D eigenvalue weighted by molar-refractivity contribution is -0.0420. The zero-order valence-corrected chi connectivity index (χ0v) is 33.0. The lowest BCUT2D eigenvalue weighted by atomic mass is 9.88. The Balaban J connectivity index is 1.12. The van der Waals surface area contributed by atoms with Gasteiger partial charge >= 0.3 is 5.97 Å². The molecule has 13 heteroatoms. The molecule has 0 spiro atoms. The number of benzene rings is 6. The largest absolute Gasteiger partial charge is 0.508 e. The number of nitrogens with one attached hydrogen (secondary N) is 1. The number of nitrogens with zero attached hydrogens (tertiary/aromatic N) is 1. The Morgan fingerprint density at radius 1 is 0.847 bits per heavy atom. The summed E-state index contributed by atoms with van der Waals surface area (Å²) in [5.74, 6) is -0.947. The van der Waals surface area contributed by atoms with E-state index in [0.29, 0.717) is 60.7 Å². The molecule has 0 aromatic heterocycles. The van der Waals surface area contributed by atoms with Gasteiger partial charge in [-0.3, -0.25) is 9.59 Å². The highest BCUT2D eigenvalue weighted by molar-refractivity contribution is 6.40. The Hall–Kier alpha value is -6.63. The fraction of sp³-hybridized carbons (Fsp3) is 0.109. The molecule has 0 unspecified atom stereocenters. The van der Waals surface area contributed by atoms with Crippen molar-refractivity contribution in [3.63, 3.8) is 0 Å². The first-order valence-electron chi connectivity index (χ1n) is 18.3. The van der Waals surface area contributed by atoms with Crippen molar-refractivity contribution in [3.05, 3.63) is 161 Å². The van der Waals surface area contributed by atoms with Gasteiger partial charge < -0.3 is 39.8 Å². The summed E-state index contributed by atoms with van der Waals surface area (Å²) < 4.78 is 12.2. The smallest absolute Gasteiger partial charge is 0.337 e. The monoisotopic (exact) mass is 828 g/mol. The van der Waals surface area contributed by atoms with Gasteiger partial charge in [-0.05, 0) is 71.3 Å². The van der Waals surface area contributed by atoms with Crippen LogP contribution in [0.1, 0.15) is 49.3 Å². The van der Waals surface area contributed by atoms with Gasteiger partial charge in [0.1, 0.15) is 28.6 Å². The number of phenols is 1. The van der Waals surface area contributed by atoms with Crippen LogP contribution in [-0.4, -0.2) is 52.9 Å². The molecule has 0 bridgehead atoms. The quantitative estimate of drug-likeness (QED) is 0.0750. The van der Waals surface area contributed by atoms with Crippen LogP contribution in [-0.2, 0) is 6.42 Å². The summed E-state index contributed by atoms with van der Waals surface area (Å²) in [6.07, 6.45) is -1.68. The molecule has 1 aliphatic carbocycles. The lowest BCUT2D eigenvalue weighted by Crippen LogP contribution is -2.27. The molecule has 0 fully saturated rings. The maximum absolute atomic E-state index is 13.7. The molecule has 3 aliphatic rings. The minimum Gasteiger partial charge on any atom is -0.508 e. The summed E-state index contributed by atoms with van der Waals surface area (Å²) in [5.41, 5.74) is 3.84. The first-order valence-corrected chi connectivity index (χ1v) is 19.0. The number of ether oxygens (including phenoxy) is 1. The van der Waals surface area contributed by atoms with Gasteiger partial charge in [-0.2, -0.15) is 0 Å². The molecule has 0 saturated carbocycles. The Kier molecular flexibility index (Phi) is 10.2. The number of hydrogen-bond acceptors (Lipinski definition) is 9. The van der Waals surface area contributed by atoms with Crippen molar-refractivity contribution in [1.82, 2.24) is 5.32 Å². The molecule has 2 aliphatic heterocycles. The number of anilines is 1. The Morgan fingerprint density at radius 3 is 2.36 bits per heavy atom. The normalized spacial score (nSPS) is 12.0. The number of fused-ring (bicyclic) bond motifs is 4. The topological polar surface area (TPSA) is 170 Å². The van der Waals surface area contributed by atoms with Crippen LogP contribution in [0.25, 0.3) is 45.6 Å². The van der Waals surface area contributed by atoms with Gasteiger partial charge in [0, 0.05) is 88.5 Å². The molecule has 0 atom stereocenters. The number of carboxylic acid groups (broad SMARTS) is 1. The fourth-order valence-corrected chi connectivity index (χ4v) is 8.10. The Bertz CT molecular complexity index is 3050. The third-order valence-electron chi connectivity index (χ3n) is 10.3. The summed E-state index contributed by atoms with van der Waals surface area (Å²) in [4.78, 5) is 40.8. The number of carbonyl (C=O) groups is 2. The minimum absolute atomic E-state index is 0.0197. The molecule has 11 nitrogen and oxygen atoms in total. The van der Waals surface area contributed by atoms with Crippen molar-refractivity contribution >= 4 is 63.9 Å². The van der Waals surface area contributed by atoms with Crippen molar-refractivity contribution in [2.75, 3.05) is 25.5 Å². The highest BCUT2D eigenvalue weighted by atomic mass is 35.5. The van der Waals surface area contributed by atoms with E-state index in [-0.39, 0.29) is 67.8 Å². The number of rotatable bonds is 9. The second-order valence-electron chi connectivity index (χ2n) is 14.3. The number of amides is 1. The van der Waals surface area contributed by atoms with Crippen LogP contribution in [0, 0.1) is 0 Å². The molecule has 2 heterocycles. The van der Waals surface area contributed by atoms with Crippen LogP contribution in [0.5, 0.6) is 17.2 Å². The molecule has 59 heavy (non-hydrogen) atoms. The van der Waals surface area contributed by atoms with Gasteiger partial charge in [0.25, 0.3) is 5.91 Å². The highest BCUT2D eigenvalue weighted by Crippen LogP contribution is 2.45. The summed E-state index contributed by atoms with van der Waals surface area (Å²) >= 11 is 13.8. The zero-order valence-electron chi connectivity index (χ0n) is 31.5. The SMILES string of the molecule is C=c1ccc2c(c1)Oc1cc(N(C)C)ccc1C=2c1c(Cl)cc(C(=O)NCCc2ccc(-c3c4ccc(=O)cc-4oc4cc(O)ccc34)c(C(O)O)c2)c(Cl)c1C(=O)O. The number of aliphatic hydroxyl groups is 2. The van der Waals surface area contributed by atoms with Crippen molar-refractivity contribution in [1.29, 1.82) is 0 Å². The lowest BCUT2D eigenvalue weighted by Gasteiger charge is -2.25. The van der Waals surface area contributed by atoms with E-state index in [1.807, 2.05) is 37.2 Å². The Labute approximate surface area is 346 Å².